The number of nitro benzene ring substituents is 1. The summed E-state index contributed by atoms with van der Waals surface area (Å²) in [5.41, 5.74) is 1.70. The summed E-state index contributed by atoms with van der Waals surface area (Å²) < 4.78 is 0. The van der Waals surface area contributed by atoms with Crippen molar-refractivity contribution in [3.8, 4) is 0 Å². The van der Waals surface area contributed by atoms with E-state index in [-0.39, 0.29) is 28.2 Å². The molecule has 1 aromatic rings. The maximum Gasteiger partial charge on any atom is 0.272 e. The van der Waals surface area contributed by atoms with E-state index in [1.54, 1.807) is 26.0 Å². The SMILES string of the molecule is Cc1ccc(C(C)NCC(C)(C)CC(C)O)cc1[N+](=O)[O-]. The number of hydrogen-bond acceptors (Lipinski definition) is 4. The maximum atomic E-state index is 11.0. The number of aliphatic hydroxyl groups is 1. The molecule has 2 unspecified atom stereocenters. The van der Waals surface area contributed by atoms with E-state index in [4.69, 9.17) is 0 Å². The van der Waals surface area contributed by atoms with Crippen molar-refractivity contribution in [1.29, 1.82) is 0 Å². The highest BCUT2D eigenvalue weighted by Gasteiger charge is 2.22. The highest BCUT2D eigenvalue weighted by atomic mass is 16.6. The minimum atomic E-state index is -0.344. The van der Waals surface area contributed by atoms with Gasteiger partial charge in [-0.1, -0.05) is 26.0 Å². The fraction of sp³-hybridized carbons (Fsp3) is 0.625. The van der Waals surface area contributed by atoms with Gasteiger partial charge in [-0.15, -0.1) is 0 Å². The van der Waals surface area contributed by atoms with Crippen LogP contribution in [0.5, 0.6) is 0 Å². The highest BCUT2D eigenvalue weighted by Crippen LogP contribution is 2.25. The molecule has 0 saturated heterocycles. The van der Waals surface area contributed by atoms with Gasteiger partial charge in [0.2, 0.25) is 0 Å². The summed E-state index contributed by atoms with van der Waals surface area (Å²) in [6, 6.07) is 5.36. The molecule has 0 radical (unpaired) electrons. The van der Waals surface area contributed by atoms with Crippen LogP contribution in [0.2, 0.25) is 0 Å². The van der Waals surface area contributed by atoms with Crippen LogP contribution in [0.25, 0.3) is 0 Å². The molecule has 5 nitrogen and oxygen atoms in total. The van der Waals surface area contributed by atoms with Crippen molar-refractivity contribution in [2.75, 3.05) is 6.54 Å². The molecule has 0 aliphatic heterocycles. The van der Waals surface area contributed by atoms with Gasteiger partial charge < -0.3 is 10.4 Å². The highest BCUT2D eigenvalue weighted by molar-refractivity contribution is 5.43. The van der Waals surface area contributed by atoms with Gasteiger partial charge in [-0.2, -0.15) is 0 Å². The first-order valence-corrected chi connectivity index (χ1v) is 7.29. The Hall–Kier alpha value is -1.46. The van der Waals surface area contributed by atoms with Crippen LogP contribution in [-0.4, -0.2) is 22.7 Å². The number of benzene rings is 1. The van der Waals surface area contributed by atoms with Crippen molar-refractivity contribution in [3.63, 3.8) is 0 Å². The van der Waals surface area contributed by atoms with Crippen LogP contribution in [0.3, 0.4) is 0 Å². The van der Waals surface area contributed by atoms with Crippen molar-refractivity contribution < 1.29 is 10.0 Å². The topological polar surface area (TPSA) is 75.4 Å². The minimum Gasteiger partial charge on any atom is -0.393 e. The lowest BCUT2D eigenvalue weighted by atomic mass is 9.86. The molecular weight excluding hydrogens is 268 g/mol. The van der Waals surface area contributed by atoms with Gasteiger partial charge in [0.1, 0.15) is 0 Å². The summed E-state index contributed by atoms with van der Waals surface area (Å²) in [7, 11) is 0. The molecule has 0 amide bonds. The average molecular weight is 294 g/mol. The van der Waals surface area contributed by atoms with E-state index in [2.05, 4.69) is 19.2 Å². The predicted molar refractivity (Wildman–Crippen MR) is 84.3 cm³/mol. The van der Waals surface area contributed by atoms with Gasteiger partial charge in [0.25, 0.3) is 5.69 Å². The first kappa shape index (κ1) is 17.6. The Morgan fingerprint density at radius 2 is 2.00 bits per heavy atom. The lowest BCUT2D eigenvalue weighted by Gasteiger charge is -2.28. The van der Waals surface area contributed by atoms with Crippen molar-refractivity contribution in [2.24, 2.45) is 5.41 Å². The first-order chi connectivity index (χ1) is 9.62. The minimum absolute atomic E-state index is 0.0255. The molecular formula is C16H26N2O3. The molecule has 0 fully saturated rings. The van der Waals surface area contributed by atoms with E-state index < -0.39 is 0 Å². The summed E-state index contributed by atoms with van der Waals surface area (Å²) in [5.74, 6) is 0. The lowest BCUT2D eigenvalue weighted by molar-refractivity contribution is -0.385. The van der Waals surface area contributed by atoms with E-state index in [0.29, 0.717) is 12.0 Å². The molecule has 1 rings (SSSR count). The Morgan fingerprint density at radius 3 is 2.52 bits per heavy atom. The number of aryl methyl sites for hydroxylation is 1. The second kappa shape index (κ2) is 7.00. The predicted octanol–water partition coefficient (Wildman–Crippen LogP) is 3.35. The Kier molecular flexibility index (Phi) is 5.87. The molecule has 0 aliphatic rings. The zero-order valence-electron chi connectivity index (χ0n) is 13.5. The van der Waals surface area contributed by atoms with Crippen LogP contribution in [-0.2, 0) is 0 Å². The molecule has 0 heterocycles. The number of nitrogens with zero attached hydrogens (tertiary/aromatic N) is 1. The second-order valence-electron chi connectivity index (χ2n) is 6.62. The van der Waals surface area contributed by atoms with Gasteiger partial charge in [-0.3, -0.25) is 10.1 Å². The van der Waals surface area contributed by atoms with Gasteiger partial charge >= 0.3 is 0 Å². The van der Waals surface area contributed by atoms with E-state index >= 15 is 0 Å². The number of rotatable bonds is 7. The van der Waals surface area contributed by atoms with Crippen LogP contribution in [0.4, 0.5) is 5.69 Å². The third-order valence-corrected chi connectivity index (χ3v) is 3.66. The molecule has 118 valence electrons. The fourth-order valence-corrected chi connectivity index (χ4v) is 2.51. The third-order valence-electron chi connectivity index (χ3n) is 3.66. The van der Waals surface area contributed by atoms with Gasteiger partial charge in [0, 0.05) is 24.2 Å². The van der Waals surface area contributed by atoms with Gasteiger partial charge in [0.05, 0.1) is 11.0 Å². The van der Waals surface area contributed by atoms with Crippen molar-refractivity contribution in [2.45, 2.75) is 53.2 Å². The number of nitro groups is 1. The van der Waals surface area contributed by atoms with E-state index in [9.17, 15) is 15.2 Å². The molecule has 21 heavy (non-hydrogen) atoms. The molecule has 0 bridgehead atoms. The Bertz CT molecular complexity index is 498. The quantitative estimate of drug-likeness (QED) is 0.597. The smallest absolute Gasteiger partial charge is 0.272 e. The summed E-state index contributed by atoms with van der Waals surface area (Å²) in [6.45, 7) is 10.4. The zero-order chi connectivity index (χ0) is 16.2. The van der Waals surface area contributed by atoms with Crippen LogP contribution in [0.15, 0.2) is 18.2 Å². The first-order valence-electron chi connectivity index (χ1n) is 7.29. The van der Waals surface area contributed by atoms with Crippen LogP contribution in [0.1, 0.15) is 51.3 Å². The lowest BCUT2D eigenvalue weighted by Crippen LogP contribution is -2.33. The van der Waals surface area contributed by atoms with E-state index in [1.165, 1.54) is 0 Å². The van der Waals surface area contributed by atoms with Gasteiger partial charge in [0.15, 0.2) is 0 Å². The van der Waals surface area contributed by atoms with E-state index in [0.717, 1.165) is 12.1 Å². The maximum absolute atomic E-state index is 11.0. The van der Waals surface area contributed by atoms with E-state index in [1.807, 2.05) is 13.0 Å². The molecule has 2 atom stereocenters. The summed E-state index contributed by atoms with van der Waals surface area (Å²) >= 11 is 0. The fourth-order valence-electron chi connectivity index (χ4n) is 2.51. The largest absolute Gasteiger partial charge is 0.393 e. The zero-order valence-corrected chi connectivity index (χ0v) is 13.5. The average Bonchev–Trinajstić information content (AvgIpc) is 2.34. The normalized spacial score (nSPS) is 14.8. The van der Waals surface area contributed by atoms with Crippen molar-refractivity contribution in [3.05, 3.63) is 39.4 Å². The third kappa shape index (κ3) is 5.44. The second-order valence-corrected chi connectivity index (χ2v) is 6.62. The Balaban J connectivity index is 2.74. The molecule has 2 N–H and O–H groups in total. The molecule has 5 heteroatoms. The standard InChI is InChI=1S/C16H26N2O3/c1-11-6-7-14(8-15(11)18(20)21)13(3)17-10-16(4,5)9-12(2)19/h6-8,12-13,17,19H,9-10H2,1-5H3. The van der Waals surface area contributed by atoms with Crippen LogP contribution in [0, 0.1) is 22.5 Å². The summed E-state index contributed by atoms with van der Waals surface area (Å²) in [6.07, 6.45) is 0.374. The van der Waals surface area contributed by atoms with Crippen molar-refractivity contribution >= 4 is 5.69 Å². The Morgan fingerprint density at radius 1 is 1.38 bits per heavy atom. The van der Waals surface area contributed by atoms with Crippen molar-refractivity contribution in [1.82, 2.24) is 5.32 Å². The monoisotopic (exact) mass is 294 g/mol. The molecule has 0 spiro atoms. The molecule has 0 aromatic heterocycles. The van der Waals surface area contributed by atoms with Crippen LogP contribution >= 0.6 is 0 Å². The molecule has 1 aromatic carbocycles. The number of hydrogen-bond donors (Lipinski definition) is 2. The number of aliphatic hydroxyl groups excluding tert-OH is 1. The van der Waals surface area contributed by atoms with Crippen LogP contribution < -0.4 is 5.32 Å². The summed E-state index contributed by atoms with van der Waals surface area (Å²) in [5, 5.41) is 23.9. The molecule has 0 aliphatic carbocycles. The van der Waals surface area contributed by atoms with Gasteiger partial charge in [-0.05, 0) is 38.2 Å². The molecule has 0 saturated carbocycles. The summed E-state index contributed by atoms with van der Waals surface area (Å²) in [4.78, 5) is 10.6. The Labute approximate surface area is 126 Å². The number of nitrogens with one attached hydrogen (secondary N) is 1. The van der Waals surface area contributed by atoms with Gasteiger partial charge in [-0.25, -0.2) is 0 Å².